The number of nitrogens with zero attached hydrogens (tertiary/aromatic N) is 2. The zero-order valence-corrected chi connectivity index (χ0v) is 10.3. The molecule has 2 rings (SSSR count). The van der Waals surface area contributed by atoms with Crippen molar-refractivity contribution in [2.45, 2.75) is 19.4 Å². The molecular weight excluding hydrogens is 239 g/mol. The van der Waals surface area contributed by atoms with E-state index in [1.165, 1.54) is 12.1 Å². The smallest absolute Gasteiger partial charge is 0.124 e. The topological polar surface area (TPSA) is 27.0 Å². The largest absolute Gasteiger partial charge is 0.298 e. The van der Waals surface area contributed by atoms with Gasteiger partial charge in [0.25, 0.3) is 0 Å². The normalized spacial score (nSPS) is 21.1. The predicted molar refractivity (Wildman–Crippen MR) is 65.0 cm³/mol. The minimum atomic E-state index is -0.313. The molecule has 1 fully saturated rings. The van der Waals surface area contributed by atoms with Crippen LogP contribution in [0.4, 0.5) is 4.39 Å². The maximum absolute atomic E-state index is 12.9. The summed E-state index contributed by atoms with van der Waals surface area (Å²) in [7, 11) is 0. The fourth-order valence-corrected chi connectivity index (χ4v) is 2.42. The average Bonchev–Trinajstić information content (AvgIpc) is 2.33. The zero-order valence-electron chi connectivity index (χ0n) is 9.50. The molecule has 0 spiro atoms. The van der Waals surface area contributed by atoms with Crippen molar-refractivity contribution in [3.63, 3.8) is 0 Å². The molecule has 1 aliphatic rings. The van der Waals surface area contributed by atoms with Crippen molar-refractivity contribution in [1.29, 1.82) is 5.26 Å². The summed E-state index contributed by atoms with van der Waals surface area (Å²) in [5.74, 6) is -0.199. The minimum Gasteiger partial charge on any atom is -0.298 e. The van der Waals surface area contributed by atoms with Gasteiger partial charge in [0, 0.05) is 18.1 Å². The van der Waals surface area contributed by atoms with Crippen LogP contribution in [0, 0.1) is 23.1 Å². The Kier molecular flexibility index (Phi) is 3.98. The second kappa shape index (κ2) is 5.48. The van der Waals surface area contributed by atoms with Gasteiger partial charge in [-0.2, -0.15) is 5.26 Å². The molecule has 0 bridgehead atoms. The molecule has 1 saturated heterocycles. The first-order valence-electron chi connectivity index (χ1n) is 5.75. The van der Waals surface area contributed by atoms with E-state index in [1.54, 1.807) is 6.07 Å². The molecule has 90 valence electrons. The van der Waals surface area contributed by atoms with Gasteiger partial charge >= 0.3 is 0 Å². The predicted octanol–water partition coefficient (Wildman–Crippen LogP) is 3.21. The lowest BCUT2D eigenvalue weighted by Gasteiger charge is -2.29. The van der Waals surface area contributed by atoms with E-state index in [9.17, 15) is 4.39 Å². The number of hydrogen-bond acceptors (Lipinski definition) is 2. The number of rotatable bonds is 2. The molecule has 0 aromatic heterocycles. The summed E-state index contributed by atoms with van der Waals surface area (Å²) < 4.78 is 12.9. The Hall–Kier alpha value is -1.11. The van der Waals surface area contributed by atoms with Crippen molar-refractivity contribution in [3.8, 4) is 6.07 Å². The van der Waals surface area contributed by atoms with E-state index >= 15 is 0 Å². The third-order valence-electron chi connectivity index (χ3n) is 3.10. The molecule has 4 heteroatoms. The summed E-state index contributed by atoms with van der Waals surface area (Å²) in [6, 6.07) is 6.78. The summed E-state index contributed by atoms with van der Waals surface area (Å²) in [6.07, 6.45) is 2.02. The molecule has 2 nitrogen and oxygen atoms in total. The van der Waals surface area contributed by atoms with Gasteiger partial charge in [-0.25, -0.2) is 4.39 Å². The van der Waals surface area contributed by atoms with Crippen LogP contribution in [0.5, 0.6) is 0 Å². The summed E-state index contributed by atoms with van der Waals surface area (Å²) in [5.41, 5.74) is 0.923. The monoisotopic (exact) mass is 252 g/mol. The number of likely N-dealkylation sites (tertiary alicyclic amines) is 1. The van der Waals surface area contributed by atoms with Crippen molar-refractivity contribution in [2.24, 2.45) is 5.92 Å². The molecule has 0 amide bonds. The molecule has 0 saturated carbocycles. The highest BCUT2D eigenvalue weighted by Crippen LogP contribution is 2.22. The van der Waals surface area contributed by atoms with Crippen LogP contribution >= 0.6 is 11.6 Å². The second-order valence-electron chi connectivity index (χ2n) is 4.44. The molecule has 1 atom stereocenters. The number of nitriles is 1. The van der Waals surface area contributed by atoms with Crippen LogP contribution in [-0.2, 0) is 6.54 Å². The van der Waals surface area contributed by atoms with E-state index in [-0.39, 0.29) is 11.7 Å². The summed E-state index contributed by atoms with van der Waals surface area (Å²) >= 11 is 5.99. The first kappa shape index (κ1) is 12.3. The van der Waals surface area contributed by atoms with Gasteiger partial charge in [-0.3, -0.25) is 4.90 Å². The highest BCUT2D eigenvalue weighted by molar-refractivity contribution is 6.31. The van der Waals surface area contributed by atoms with Gasteiger partial charge in [-0.05, 0) is 37.1 Å². The highest BCUT2D eigenvalue weighted by atomic mass is 35.5. The van der Waals surface area contributed by atoms with Gasteiger partial charge in [0.15, 0.2) is 0 Å². The van der Waals surface area contributed by atoms with E-state index in [0.29, 0.717) is 11.6 Å². The van der Waals surface area contributed by atoms with Crippen molar-refractivity contribution in [3.05, 3.63) is 34.6 Å². The van der Waals surface area contributed by atoms with Gasteiger partial charge in [0.2, 0.25) is 0 Å². The third-order valence-corrected chi connectivity index (χ3v) is 3.45. The van der Waals surface area contributed by atoms with Crippen molar-refractivity contribution in [2.75, 3.05) is 13.1 Å². The van der Waals surface area contributed by atoms with Crippen molar-refractivity contribution < 1.29 is 4.39 Å². The van der Waals surface area contributed by atoms with Crippen molar-refractivity contribution >= 4 is 11.6 Å². The number of benzene rings is 1. The summed E-state index contributed by atoms with van der Waals surface area (Å²) in [5, 5.41) is 9.38. The fourth-order valence-electron chi connectivity index (χ4n) is 2.20. The van der Waals surface area contributed by atoms with Crippen molar-refractivity contribution in [1.82, 2.24) is 4.90 Å². The first-order chi connectivity index (χ1) is 8.19. The zero-order chi connectivity index (χ0) is 12.3. The van der Waals surface area contributed by atoms with Gasteiger partial charge in [0.05, 0.1) is 12.0 Å². The summed E-state index contributed by atoms with van der Waals surface area (Å²) in [6.45, 7) is 2.45. The van der Waals surface area contributed by atoms with Crippen LogP contribution in [0.3, 0.4) is 0 Å². The van der Waals surface area contributed by atoms with Gasteiger partial charge < -0.3 is 0 Å². The lowest BCUT2D eigenvalue weighted by atomic mass is 9.99. The van der Waals surface area contributed by atoms with Crippen LogP contribution in [0.1, 0.15) is 18.4 Å². The lowest BCUT2D eigenvalue weighted by molar-refractivity contribution is 0.192. The Labute approximate surface area is 106 Å². The maximum Gasteiger partial charge on any atom is 0.124 e. The lowest BCUT2D eigenvalue weighted by Crippen LogP contribution is -2.34. The van der Waals surface area contributed by atoms with Crippen LogP contribution in [0.25, 0.3) is 0 Å². The van der Waals surface area contributed by atoms with E-state index < -0.39 is 0 Å². The molecule has 17 heavy (non-hydrogen) atoms. The molecule has 1 aromatic carbocycles. The molecule has 0 N–H and O–H groups in total. The molecule has 1 heterocycles. The Morgan fingerprint density at radius 3 is 3.06 bits per heavy atom. The molecule has 0 aliphatic carbocycles. The third kappa shape index (κ3) is 3.18. The molecule has 1 unspecified atom stereocenters. The number of piperidine rings is 1. The molecule has 1 aromatic rings. The standard InChI is InChI=1S/C13H14ClFN2/c14-13-6-12(15)4-3-11(13)9-17-5-1-2-10(7-16)8-17/h3-4,6,10H,1-2,5,8-9H2. The van der Waals surface area contributed by atoms with E-state index in [0.717, 1.165) is 31.5 Å². The minimum absolute atomic E-state index is 0.114. The van der Waals surface area contributed by atoms with Gasteiger partial charge in [-0.15, -0.1) is 0 Å². The van der Waals surface area contributed by atoms with E-state index in [1.807, 2.05) is 0 Å². The van der Waals surface area contributed by atoms with Crippen LogP contribution in [0.2, 0.25) is 5.02 Å². The van der Waals surface area contributed by atoms with Gasteiger partial charge in [-0.1, -0.05) is 17.7 Å². The molecule has 1 aliphatic heterocycles. The maximum atomic E-state index is 12.9. The SMILES string of the molecule is N#CC1CCCN(Cc2ccc(F)cc2Cl)C1. The second-order valence-corrected chi connectivity index (χ2v) is 4.85. The highest BCUT2D eigenvalue weighted by Gasteiger charge is 2.19. The Bertz CT molecular complexity index is 442. The Balaban J connectivity index is 2.03. The summed E-state index contributed by atoms with van der Waals surface area (Å²) in [4.78, 5) is 2.20. The van der Waals surface area contributed by atoms with E-state index in [2.05, 4.69) is 11.0 Å². The average molecular weight is 253 g/mol. The number of hydrogen-bond donors (Lipinski definition) is 0. The van der Waals surface area contributed by atoms with Crippen LogP contribution < -0.4 is 0 Å². The Morgan fingerprint density at radius 1 is 1.53 bits per heavy atom. The first-order valence-corrected chi connectivity index (χ1v) is 6.12. The van der Waals surface area contributed by atoms with Gasteiger partial charge in [0.1, 0.15) is 5.82 Å². The van der Waals surface area contributed by atoms with Crippen LogP contribution in [0.15, 0.2) is 18.2 Å². The molecule has 0 radical (unpaired) electrons. The molecular formula is C13H14ClFN2. The Morgan fingerprint density at radius 2 is 2.35 bits per heavy atom. The van der Waals surface area contributed by atoms with E-state index in [4.69, 9.17) is 16.9 Å². The van der Waals surface area contributed by atoms with Crippen LogP contribution in [-0.4, -0.2) is 18.0 Å². The fraction of sp³-hybridized carbons (Fsp3) is 0.462. The number of halogens is 2. The quantitative estimate of drug-likeness (QED) is 0.808.